The highest BCUT2D eigenvalue weighted by molar-refractivity contribution is 6.05. The first-order valence-corrected chi connectivity index (χ1v) is 7.81. The molecule has 5 heteroatoms. The maximum absolute atomic E-state index is 11.8. The third kappa shape index (κ3) is 5.51. The van der Waals surface area contributed by atoms with E-state index in [2.05, 4.69) is 10.5 Å². The largest absolute Gasteiger partial charge is 0.484 e. The number of hydrazone groups is 1. The molecular weight excluding hydrogens is 292 g/mol. The number of benzene rings is 1. The molecule has 0 atom stereocenters. The number of hydrogen-bond acceptors (Lipinski definition) is 4. The highest BCUT2D eigenvalue weighted by Gasteiger charge is 2.30. The molecule has 1 aliphatic rings. The van der Waals surface area contributed by atoms with Gasteiger partial charge in [0.05, 0.1) is 0 Å². The zero-order valence-corrected chi connectivity index (χ0v) is 14.2. The fraction of sp³-hybridized carbons (Fsp3) is 0.500. The van der Waals surface area contributed by atoms with Crippen LogP contribution in [0.1, 0.15) is 44.2 Å². The average Bonchev–Trinajstić information content (AvgIpc) is 2.39. The number of amides is 1. The second-order valence-electron chi connectivity index (χ2n) is 7.06. The van der Waals surface area contributed by atoms with Gasteiger partial charge in [-0.3, -0.25) is 9.59 Å². The molecule has 0 aromatic heterocycles. The Morgan fingerprint density at radius 1 is 1.22 bits per heavy atom. The van der Waals surface area contributed by atoms with Crippen molar-refractivity contribution in [3.05, 3.63) is 29.3 Å². The molecule has 1 aromatic carbocycles. The van der Waals surface area contributed by atoms with Crippen LogP contribution in [0, 0.1) is 19.3 Å². The van der Waals surface area contributed by atoms with E-state index < -0.39 is 0 Å². The van der Waals surface area contributed by atoms with Crippen molar-refractivity contribution in [2.45, 2.75) is 47.0 Å². The summed E-state index contributed by atoms with van der Waals surface area (Å²) in [4.78, 5) is 23.5. The maximum Gasteiger partial charge on any atom is 0.277 e. The number of nitrogens with zero attached hydrogens (tertiary/aromatic N) is 1. The lowest BCUT2D eigenvalue weighted by Crippen LogP contribution is -2.32. The van der Waals surface area contributed by atoms with Gasteiger partial charge in [0.2, 0.25) is 0 Å². The first kappa shape index (κ1) is 17.2. The van der Waals surface area contributed by atoms with Crippen LogP contribution < -0.4 is 10.2 Å². The Kier molecular flexibility index (Phi) is 5.19. The number of ether oxygens (including phenoxy) is 1. The molecule has 1 saturated carbocycles. The number of carbonyl (C=O) groups is 2. The molecule has 0 aliphatic heterocycles. The van der Waals surface area contributed by atoms with Gasteiger partial charge in [-0.1, -0.05) is 19.9 Å². The molecule has 0 saturated heterocycles. The molecule has 1 aliphatic carbocycles. The number of nitrogens with one attached hydrogen (secondary N) is 1. The molecule has 124 valence electrons. The molecule has 2 rings (SSSR count). The van der Waals surface area contributed by atoms with Gasteiger partial charge in [-0.15, -0.1) is 0 Å². The van der Waals surface area contributed by atoms with Crippen LogP contribution in [-0.2, 0) is 9.59 Å². The van der Waals surface area contributed by atoms with Crippen LogP contribution in [0.15, 0.2) is 23.3 Å². The Bertz CT molecular complexity index is 627. The quantitative estimate of drug-likeness (QED) is 0.868. The van der Waals surface area contributed by atoms with Crippen molar-refractivity contribution in [2.24, 2.45) is 10.5 Å². The van der Waals surface area contributed by atoms with Crippen LogP contribution in [0.5, 0.6) is 5.75 Å². The summed E-state index contributed by atoms with van der Waals surface area (Å²) >= 11 is 0. The number of hydrogen-bond donors (Lipinski definition) is 1. The van der Waals surface area contributed by atoms with Gasteiger partial charge in [-0.25, -0.2) is 5.43 Å². The van der Waals surface area contributed by atoms with E-state index in [9.17, 15) is 9.59 Å². The van der Waals surface area contributed by atoms with Crippen LogP contribution >= 0.6 is 0 Å². The van der Waals surface area contributed by atoms with Crippen LogP contribution in [0.3, 0.4) is 0 Å². The van der Waals surface area contributed by atoms with Crippen molar-refractivity contribution in [3.63, 3.8) is 0 Å². The lowest BCUT2D eigenvalue weighted by Gasteiger charge is -2.28. The first-order valence-electron chi connectivity index (χ1n) is 7.81. The Balaban J connectivity index is 1.87. The van der Waals surface area contributed by atoms with E-state index in [0.29, 0.717) is 18.6 Å². The predicted octanol–water partition coefficient (Wildman–Crippen LogP) is 2.93. The van der Waals surface area contributed by atoms with Crippen LogP contribution in [0.2, 0.25) is 0 Å². The van der Waals surface area contributed by atoms with E-state index in [1.807, 2.05) is 45.9 Å². The van der Waals surface area contributed by atoms with Crippen molar-refractivity contribution in [2.75, 3.05) is 6.61 Å². The first-order chi connectivity index (χ1) is 10.7. The highest BCUT2D eigenvalue weighted by atomic mass is 16.5. The van der Waals surface area contributed by atoms with Gasteiger partial charge in [-0.05, 0) is 48.9 Å². The minimum Gasteiger partial charge on any atom is -0.484 e. The highest BCUT2D eigenvalue weighted by Crippen LogP contribution is 2.31. The van der Waals surface area contributed by atoms with E-state index in [0.717, 1.165) is 23.3 Å². The summed E-state index contributed by atoms with van der Waals surface area (Å²) in [5.41, 5.74) is 5.29. The van der Waals surface area contributed by atoms with Crippen LogP contribution in [0.25, 0.3) is 0 Å². The lowest BCUT2D eigenvalue weighted by molar-refractivity contribution is -0.123. The number of rotatable bonds is 4. The molecule has 1 amide bonds. The monoisotopic (exact) mass is 316 g/mol. The molecule has 0 unspecified atom stereocenters. The van der Waals surface area contributed by atoms with E-state index in [-0.39, 0.29) is 23.7 Å². The minimum atomic E-state index is -0.326. The van der Waals surface area contributed by atoms with Crippen molar-refractivity contribution in [1.29, 1.82) is 0 Å². The molecular formula is C18H24N2O3. The third-order valence-electron chi connectivity index (χ3n) is 3.66. The number of aryl methyl sites for hydroxylation is 2. The number of Topliss-reactive ketones (excluding diaryl/α,β-unsaturated/α-hetero) is 1. The summed E-state index contributed by atoms with van der Waals surface area (Å²) in [6.07, 6.45) is 1.61. The van der Waals surface area contributed by atoms with E-state index in [1.54, 1.807) is 0 Å². The SMILES string of the molecule is Cc1cc(C)cc(OCC(=O)N/N=C2\CC(=O)CC(C)(C)C2)c1. The molecule has 0 radical (unpaired) electrons. The van der Waals surface area contributed by atoms with Crippen LogP contribution in [-0.4, -0.2) is 24.0 Å². The normalized spacial score (nSPS) is 18.8. The summed E-state index contributed by atoms with van der Waals surface area (Å²) in [7, 11) is 0. The van der Waals surface area contributed by atoms with Crippen LogP contribution in [0.4, 0.5) is 0 Å². The lowest BCUT2D eigenvalue weighted by atomic mass is 9.76. The Morgan fingerprint density at radius 2 is 1.87 bits per heavy atom. The van der Waals surface area contributed by atoms with Gasteiger partial charge in [0.1, 0.15) is 11.5 Å². The van der Waals surface area contributed by atoms with E-state index in [1.165, 1.54) is 0 Å². The summed E-state index contributed by atoms with van der Waals surface area (Å²) in [5.74, 6) is 0.507. The Labute approximate surface area is 137 Å². The minimum absolute atomic E-state index is 0.0888. The third-order valence-corrected chi connectivity index (χ3v) is 3.66. The topological polar surface area (TPSA) is 67.8 Å². The Hall–Kier alpha value is -2.17. The van der Waals surface area contributed by atoms with Gasteiger partial charge in [0.25, 0.3) is 5.91 Å². The number of carbonyl (C=O) groups excluding carboxylic acids is 2. The van der Waals surface area contributed by atoms with Crippen molar-refractivity contribution >= 4 is 17.4 Å². The smallest absolute Gasteiger partial charge is 0.277 e. The molecule has 1 fully saturated rings. The zero-order chi connectivity index (χ0) is 17.0. The van der Waals surface area contributed by atoms with Crippen molar-refractivity contribution < 1.29 is 14.3 Å². The average molecular weight is 316 g/mol. The molecule has 0 bridgehead atoms. The molecule has 1 N–H and O–H groups in total. The molecule has 1 aromatic rings. The zero-order valence-electron chi connectivity index (χ0n) is 14.2. The molecule has 5 nitrogen and oxygen atoms in total. The van der Waals surface area contributed by atoms with Gasteiger partial charge in [-0.2, -0.15) is 5.10 Å². The summed E-state index contributed by atoms with van der Waals surface area (Å²) < 4.78 is 5.48. The second kappa shape index (κ2) is 6.94. The second-order valence-corrected chi connectivity index (χ2v) is 7.06. The maximum atomic E-state index is 11.8. The van der Waals surface area contributed by atoms with Crippen molar-refractivity contribution in [3.8, 4) is 5.75 Å². The van der Waals surface area contributed by atoms with Gasteiger partial charge >= 0.3 is 0 Å². The van der Waals surface area contributed by atoms with E-state index in [4.69, 9.17) is 4.74 Å². The van der Waals surface area contributed by atoms with Gasteiger partial charge in [0, 0.05) is 18.6 Å². The molecule has 23 heavy (non-hydrogen) atoms. The fourth-order valence-corrected chi connectivity index (χ4v) is 2.92. The molecule has 0 heterocycles. The number of ketones is 1. The van der Waals surface area contributed by atoms with Crippen molar-refractivity contribution in [1.82, 2.24) is 5.43 Å². The van der Waals surface area contributed by atoms with E-state index >= 15 is 0 Å². The predicted molar refractivity (Wildman–Crippen MR) is 89.6 cm³/mol. The van der Waals surface area contributed by atoms with Gasteiger partial charge in [0.15, 0.2) is 6.61 Å². The summed E-state index contributed by atoms with van der Waals surface area (Å²) in [6, 6.07) is 5.81. The summed E-state index contributed by atoms with van der Waals surface area (Å²) in [5, 5.41) is 4.09. The fourth-order valence-electron chi connectivity index (χ4n) is 2.92. The molecule has 0 spiro atoms. The van der Waals surface area contributed by atoms with Gasteiger partial charge < -0.3 is 4.74 Å². The summed E-state index contributed by atoms with van der Waals surface area (Å²) in [6.45, 7) is 7.92. The Morgan fingerprint density at radius 3 is 2.48 bits per heavy atom. The standard InChI is InChI=1S/C18H24N2O3/c1-12-5-13(2)7-16(6-12)23-11-17(22)20-19-14-8-15(21)10-18(3,4)9-14/h5-7H,8-11H2,1-4H3,(H,20,22)/b19-14+.